The van der Waals surface area contributed by atoms with Gasteiger partial charge in [-0.2, -0.15) is 0 Å². The number of hydrogen-bond acceptors (Lipinski definition) is 5. The van der Waals surface area contributed by atoms with Crippen LogP contribution in [0.3, 0.4) is 0 Å². The maximum Gasteiger partial charge on any atom is 0.348 e. The van der Waals surface area contributed by atoms with Crippen molar-refractivity contribution in [1.29, 1.82) is 0 Å². The minimum absolute atomic E-state index is 0.0521. The molecule has 5 nitrogen and oxygen atoms in total. The molecule has 0 saturated heterocycles. The summed E-state index contributed by atoms with van der Waals surface area (Å²) in [5.74, 6) is -1.19. The van der Waals surface area contributed by atoms with E-state index in [1.165, 1.54) is 0 Å². The van der Waals surface area contributed by atoms with Gasteiger partial charge in [0, 0.05) is 14.6 Å². The van der Waals surface area contributed by atoms with E-state index in [1.807, 2.05) is 30.3 Å². The number of halogens is 1. The van der Waals surface area contributed by atoms with Gasteiger partial charge >= 0.3 is 5.97 Å². The summed E-state index contributed by atoms with van der Waals surface area (Å²) in [5.41, 5.74) is 1.45. The van der Waals surface area contributed by atoms with E-state index >= 15 is 0 Å². The van der Waals surface area contributed by atoms with Crippen molar-refractivity contribution in [2.24, 2.45) is 0 Å². The predicted octanol–water partition coefficient (Wildman–Crippen LogP) is 6.09. The number of carboxylic acid groups (broad SMARTS) is 1. The van der Waals surface area contributed by atoms with Gasteiger partial charge in [0.25, 0.3) is 10.0 Å². The second-order valence-corrected chi connectivity index (χ2v) is 10.7. The lowest BCUT2D eigenvalue weighted by molar-refractivity contribution is 0.0703. The number of hydrogen-bond donors (Lipinski definition) is 2. The van der Waals surface area contributed by atoms with Crippen LogP contribution in [0.2, 0.25) is 5.02 Å². The fraction of sp³-hybridized carbons (Fsp3) is 0.0500. The molecule has 0 amide bonds. The van der Waals surface area contributed by atoms with Crippen LogP contribution in [0, 0.1) is 6.92 Å². The van der Waals surface area contributed by atoms with Crippen LogP contribution in [-0.4, -0.2) is 19.5 Å². The number of aryl methyl sites for hydroxylation is 1. The van der Waals surface area contributed by atoms with E-state index in [1.54, 1.807) is 31.2 Å². The van der Waals surface area contributed by atoms with Gasteiger partial charge in [-0.1, -0.05) is 41.9 Å². The van der Waals surface area contributed by atoms with Crippen LogP contribution in [0.1, 0.15) is 15.2 Å². The van der Waals surface area contributed by atoms with Crippen LogP contribution in [0.5, 0.6) is 0 Å². The van der Waals surface area contributed by atoms with Crippen LogP contribution in [0.15, 0.2) is 58.8 Å². The number of anilines is 1. The van der Waals surface area contributed by atoms with Crippen molar-refractivity contribution in [1.82, 2.24) is 0 Å². The Morgan fingerprint density at radius 3 is 2.48 bits per heavy atom. The van der Waals surface area contributed by atoms with Crippen molar-refractivity contribution >= 4 is 66.0 Å². The van der Waals surface area contributed by atoms with E-state index in [0.717, 1.165) is 38.3 Å². The second kappa shape index (κ2) is 7.46. The largest absolute Gasteiger partial charge is 0.477 e. The lowest BCUT2D eigenvalue weighted by Gasteiger charge is -2.06. The second-order valence-electron chi connectivity index (χ2n) is 6.29. The SMILES string of the molecule is Cc1c(S(=O)(=O)Nc2cc(-c3ccccc3)sc2C(=O)O)sc2ccc(Cl)cc12. The van der Waals surface area contributed by atoms with Gasteiger partial charge in [-0.15, -0.1) is 22.7 Å². The molecule has 0 bridgehead atoms. The van der Waals surface area contributed by atoms with E-state index in [0.29, 0.717) is 15.5 Å². The Hall–Kier alpha value is -2.39. The standard InChI is InChI=1S/C20H14ClNO4S3/c1-11-14-9-13(21)7-8-16(14)28-20(11)29(25,26)22-15-10-17(27-18(15)19(23)24)12-5-3-2-4-6-12/h2-10,22H,1H3,(H,23,24). The maximum atomic E-state index is 13.1. The highest BCUT2D eigenvalue weighted by molar-refractivity contribution is 7.95. The number of rotatable bonds is 5. The average Bonchev–Trinajstić information content (AvgIpc) is 3.24. The van der Waals surface area contributed by atoms with Crippen molar-refractivity contribution in [2.75, 3.05) is 4.72 Å². The van der Waals surface area contributed by atoms with Crippen molar-refractivity contribution in [3.05, 3.63) is 70.1 Å². The molecular weight excluding hydrogens is 450 g/mol. The first-order valence-corrected chi connectivity index (χ1v) is 11.9. The van der Waals surface area contributed by atoms with Crippen molar-refractivity contribution in [2.45, 2.75) is 11.1 Å². The summed E-state index contributed by atoms with van der Waals surface area (Å²) in [4.78, 5) is 12.3. The Morgan fingerprint density at radius 1 is 1.07 bits per heavy atom. The molecule has 0 radical (unpaired) electrons. The quantitative estimate of drug-likeness (QED) is 0.375. The van der Waals surface area contributed by atoms with Gasteiger partial charge in [0.2, 0.25) is 0 Å². The van der Waals surface area contributed by atoms with Gasteiger partial charge in [0.05, 0.1) is 5.69 Å². The molecule has 0 aliphatic rings. The Balaban J connectivity index is 1.78. The highest BCUT2D eigenvalue weighted by atomic mass is 35.5. The summed E-state index contributed by atoms with van der Waals surface area (Å²) in [6.07, 6.45) is 0. The van der Waals surface area contributed by atoms with Crippen LogP contribution < -0.4 is 4.72 Å². The number of benzene rings is 2. The Labute approximate surface area is 180 Å². The number of thiophene rings is 2. The third kappa shape index (κ3) is 3.76. The lowest BCUT2D eigenvalue weighted by Crippen LogP contribution is -2.14. The summed E-state index contributed by atoms with van der Waals surface area (Å²) < 4.78 is 29.6. The van der Waals surface area contributed by atoms with Crippen molar-refractivity contribution in [3.8, 4) is 10.4 Å². The van der Waals surface area contributed by atoms with E-state index < -0.39 is 16.0 Å². The Kier molecular flexibility index (Phi) is 5.12. The molecule has 0 fully saturated rings. The van der Waals surface area contributed by atoms with E-state index in [4.69, 9.17) is 11.6 Å². The van der Waals surface area contributed by atoms with Gasteiger partial charge in [0.15, 0.2) is 0 Å². The topological polar surface area (TPSA) is 83.5 Å². The number of carbonyl (C=O) groups is 1. The molecule has 0 saturated carbocycles. The molecule has 4 rings (SSSR count). The molecule has 0 unspecified atom stereocenters. The normalized spacial score (nSPS) is 11.7. The van der Waals surface area contributed by atoms with Crippen LogP contribution in [0.25, 0.3) is 20.5 Å². The molecule has 0 aliphatic heterocycles. The maximum absolute atomic E-state index is 13.1. The molecule has 2 aromatic heterocycles. The predicted molar refractivity (Wildman–Crippen MR) is 119 cm³/mol. The molecular formula is C20H14ClNO4S3. The van der Waals surface area contributed by atoms with Crippen LogP contribution in [0.4, 0.5) is 5.69 Å². The smallest absolute Gasteiger partial charge is 0.348 e. The molecule has 2 N–H and O–H groups in total. The fourth-order valence-electron chi connectivity index (χ4n) is 2.99. The van der Waals surface area contributed by atoms with E-state index in [-0.39, 0.29) is 14.8 Å². The number of sulfonamides is 1. The molecule has 0 spiro atoms. The first-order chi connectivity index (χ1) is 13.8. The first kappa shape index (κ1) is 19.9. The number of carboxylic acids is 1. The zero-order valence-electron chi connectivity index (χ0n) is 15.0. The highest BCUT2D eigenvalue weighted by Gasteiger charge is 2.26. The van der Waals surface area contributed by atoms with Gasteiger partial charge in [0.1, 0.15) is 9.09 Å². The molecule has 0 atom stereocenters. The third-order valence-electron chi connectivity index (χ3n) is 4.33. The summed E-state index contributed by atoms with van der Waals surface area (Å²) >= 11 is 8.19. The zero-order chi connectivity index (χ0) is 20.8. The Morgan fingerprint density at radius 2 is 1.79 bits per heavy atom. The number of fused-ring (bicyclic) bond motifs is 1. The minimum atomic E-state index is -3.97. The molecule has 9 heteroatoms. The molecule has 29 heavy (non-hydrogen) atoms. The highest BCUT2D eigenvalue weighted by Crippen LogP contribution is 2.39. The fourth-order valence-corrected chi connectivity index (χ4v) is 6.99. The van der Waals surface area contributed by atoms with E-state index in [2.05, 4.69) is 4.72 Å². The molecule has 2 heterocycles. The summed E-state index contributed by atoms with van der Waals surface area (Å²) in [6, 6.07) is 16.0. The Bertz CT molecular complexity index is 1340. The molecule has 2 aromatic carbocycles. The van der Waals surface area contributed by atoms with Gasteiger partial charge < -0.3 is 5.11 Å². The van der Waals surface area contributed by atoms with Crippen molar-refractivity contribution in [3.63, 3.8) is 0 Å². The monoisotopic (exact) mass is 463 g/mol. The summed E-state index contributed by atoms with van der Waals surface area (Å²) in [7, 11) is -3.97. The van der Waals surface area contributed by atoms with E-state index in [9.17, 15) is 18.3 Å². The van der Waals surface area contributed by atoms with Crippen LogP contribution >= 0.6 is 34.3 Å². The summed E-state index contributed by atoms with van der Waals surface area (Å²) in [6.45, 7) is 1.71. The number of aromatic carboxylic acids is 1. The summed E-state index contributed by atoms with van der Waals surface area (Å²) in [5, 5.41) is 10.8. The lowest BCUT2D eigenvalue weighted by atomic mass is 10.2. The first-order valence-electron chi connectivity index (χ1n) is 8.40. The third-order valence-corrected chi connectivity index (χ3v) is 8.99. The van der Waals surface area contributed by atoms with Crippen molar-refractivity contribution < 1.29 is 18.3 Å². The number of nitrogens with one attached hydrogen (secondary N) is 1. The van der Waals surface area contributed by atoms with Crippen LogP contribution in [-0.2, 0) is 10.0 Å². The zero-order valence-corrected chi connectivity index (χ0v) is 18.2. The average molecular weight is 464 g/mol. The van der Waals surface area contributed by atoms with Gasteiger partial charge in [-0.3, -0.25) is 4.72 Å². The minimum Gasteiger partial charge on any atom is -0.477 e. The molecule has 0 aliphatic carbocycles. The van der Waals surface area contributed by atoms with Gasteiger partial charge in [-0.25, -0.2) is 13.2 Å². The molecule has 148 valence electrons. The molecule has 4 aromatic rings. The van der Waals surface area contributed by atoms with Gasteiger partial charge in [-0.05, 0) is 47.7 Å².